The third-order valence-corrected chi connectivity index (χ3v) is 1.94. The predicted molar refractivity (Wildman–Crippen MR) is 58.0 cm³/mol. The average Bonchev–Trinajstić information content (AvgIpc) is 2.19. The maximum atomic E-state index is 4.14. The third-order valence-electron chi connectivity index (χ3n) is 1.94. The normalized spacial score (nSPS) is 13.1. The van der Waals surface area contributed by atoms with Crippen molar-refractivity contribution in [2.45, 2.75) is 20.3 Å². The van der Waals surface area contributed by atoms with Crippen molar-refractivity contribution in [3.05, 3.63) is 30.3 Å². The molecule has 0 aliphatic carbocycles. The fourth-order valence-electron chi connectivity index (χ4n) is 0.857. The lowest BCUT2D eigenvalue weighted by Gasteiger charge is -2.01. The molecule has 0 aliphatic rings. The van der Waals surface area contributed by atoms with Crippen LogP contribution in [0, 0.1) is 5.92 Å². The Bertz CT molecular complexity index is 254. The number of rotatable bonds is 4. The van der Waals surface area contributed by atoms with E-state index in [2.05, 4.69) is 24.4 Å². The smallest absolute Gasteiger partial charge is 0.0561 e. The van der Waals surface area contributed by atoms with Crippen LogP contribution in [0.2, 0.25) is 0 Å². The first-order valence-corrected chi connectivity index (χ1v) is 4.67. The second-order valence-corrected chi connectivity index (χ2v) is 3.14. The SMILES string of the molecule is CCC(C)/C=N/Nc1ccccc1. The van der Waals surface area contributed by atoms with Gasteiger partial charge in [0.15, 0.2) is 0 Å². The van der Waals surface area contributed by atoms with Gasteiger partial charge in [0, 0.05) is 6.21 Å². The van der Waals surface area contributed by atoms with Crippen LogP contribution in [0.5, 0.6) is 0 Å². The van der Waals surface area contributed by atoms with E-state index in [0.717, 1.165) is 12.1 Å². The highest BCUT2D eigenvalue weighted by Gasteiger charge is 1.90. The average molecular weight is 176 g/mol. The lowest BCUT2D eigenvalue weighted by Crippen LogP contribution is -1.96. The molecule has 0 fully saturated rings. The zero-order valence-corrected chi connectivity index (χ0v) is 8.20. The van der Waals surface area contributed by atoms with Crippen molar-refractivity contribution in [3.8, 4) is 0 Å². The van der Waals surface area contributed by atoms with Crippen molar-refractivity contribution in [2.75, 3.05) is 5.43 Å². The number of benzene rings is 1. The van der Waals surface area contributed by atoms with E-state index in [1.54, 1.807) is 0 Å². The van der Waals surface area contributed by atoms with Gasteiger partial charge in [-0.25, -0.2) is 0 Å². The molecule has 0 bridgehead atoms. The van der Waals surface area contributed by atoms with Crippen LogP contribution in [0.1, 0.15) is 20.3 Å². The van der Waals surface area contributed by atoms with Gasteiger partial charge in [0.05, 0.1) is 5.69 Å². The largest absolute Gasteiger partial charge is 0.279 e. The van der Waals surface area contributed by atoms with Crippen molar-refractivity contribution in [1.29, 1.82) is 0 Å². The summed E-state index contributed by atoms with van der Waals surface area (Å²) < 4.78 is 0. The van der Waals surface area contributed by atoms with Gasteiger partial charge in [-0.2, -0.15) is 5.10 Å². The Labute approximate surface area is 79.7 Å². The molecule has 2 nitrogen and oxygen atoms in total. The Hall–Kier alpha value is -1.31. The first-order valence-electron chi connectivity index (χ1n) is 4.67. The second kappa shape index (κ2) is 5.36. The van der Waals surface area contributed by atoms with E-state index < -0.39 is 0 Å². The van der Waals surface area contributed by atoms with Crippen molar-refractivity contribution >= 4 is 11.9 Å². The molecule has 0 radical (unpaired) electrons. The van der Waals surface area contributed by atoms with Crippen LogP contribution in [-0.4, -0.2) is 6.21 Å². The van der Waals surface area contributed by atoms with Gasteiger partial charge in [0.25, 0.3) is 0 Å². The summed E-state index contributed by atoms with van der Waals surface area (Å²) >= 11 is 0. The fraction of sp³-hybridized carbons (Fsp3) is 0.364. The number of hydrazone groups is 1. The summed E-state index contributed by atoms with van der Waals surface area (Å²) in [6.45, 7) is 4.30. The first kappa shape index (κ1) is 9.78. The zero-order chi connectivity index (χ0) is 9.52. The lowest BCUT2D eigenvalue weighted by molar-refractivity contribution is 0.753. The van der Waals surface area contributed by atoms with E-state index in [-0.39, 0.29) is 0 Å². The van der Waals surface area contributed by atoms with E-state index in [4.69, 9.17) is 0 Å². The number of nitrogens with one attached hydrogen (secondary N) is 1. The molecule has 0 saturated carbocycles. The van der Waals surface area contributed by atoms with Gasteiger partial charge in [-0.05, 0) is 24.5 Å². The number of hydrogen-bond acceptors (Lipinski definition) is 2. The summed E-state index contributed by atoms with van der Waals surface area (Å²) in [6, 6.07) is 9.95. The minimum Gasteiger partial charge on any atom is -0.279 e. The second-order valence-electron chi connectivity index (χ2n) is 3.14. The zero-order valence-electron chi connectivity index (χ0n) is 8.20. The number of anilines is 1. The van der Waals surface area contributed by atoms with Crippen molar-refractivity contribution in [3.63, 3.8) is 0 Å². The highest BCUT2D eigenvalue weighted by molar-refractivity contribution is 5.61. The predicted octanol–water partition coefficient (Wildman–Crippen LogP) is 3.13. The maximum Gasteiger partial charge on any atom is 0.0561 e. The van der Waals surface area contributed by atoms with Crippen LogP contribution in [-0.2, 0) is 0 Å². The number of hydrogen-bond donors (Lipinski definition) is 1. The van der Waals surface area contributed by atoms with Crippen LogP contribution in [0.4, 0.5) is 5.69 Å². The summed E-state index contributed by atoms with van der Waals surface area (Å²) in [5.41, 5.74) is 4.01. The summed E-state index contributed by atoms with van der Waals surface area (Å²) in [5, 5.41) is 4.14. The summed E-state index contributed by atoms with van der Waals surface area (Å²) in [7, 11) is 0. The maximum absolute atomic E-state index is 4.14. The van der Waals surface area contributed by atoms with Crippen molar-refractivity contribution in [1.82, 2.24) is 0 Å². The molecule has 2 heteroatoms. The molecule has 1 aromatic carbocycles. The molecule has 0 spiro atoms. The molecular formula is C11H16N2. The molecule has 1 unspecified atom stereocenters. The van der Waals surface area contributed by atoms with Crippen LogP contribution < -0.4 is 5.43 Å². The molecule has 0 heterocycles. The summed E-state index contributed by atoms with van der Waals surface area (Å²) in [5.74, 6) is 0.538. The molecule has 0 amide bonds. The van der Waals surface area contributed by atoms with Crippen LogP contribution in [0.15, 0.2) is 35.4 Å². The van der Waals surface area contributed by atoms with E-state index in [1.165, 1.54) is 0 Å². The van der Waals surface area contributed by atoms with Gasteiger partial charge in [-0.15, -0.1) is 0 Å². The topological polar surface area (TPSA) is 24.4 Å². The molecule has 1 rings (SSSR count). The van der Waals surface area contributed by atoms with Gasteiger partial charge >= 0.3 is 0 Å². The molecule has 1 N–H and O–H groups in total. The molecule has 70 valence electrons. The minimum absolute atomic E-state index is 0.538. The van der Waals surface area contributed by atoms with Crippen molar-refractivity contribution in [2.24, 2.45) is 11.0 Å². The first-order chi connectivity index (χ1) is 6.33. The molecule has 13 heavy (non-hydrogen) atoms. The lowest BCUT2D eigenvalue weighted by atomic mass is 10.1. The highest BCUT2D eigenvalue weighted by atomic mass is 15.3. The van der Waals surface area contributed by atoms with E-state index in [9.17, 15) is 0 Å². The molecule has 0 aromatic heterocycles. The quantitative estimate of drug-likeness (QED) is 0.553. The van der Waals surface area contributed by atoms with Crippen molar-refractivity contribution < 1.29 is 0 Å². The standard InChI is InChI=1S/C11H16N2/c1-3-10(2)9-12-13-11-7-5-4-6-8-11/h4-10,13H,3H2,1-2H3/b12-9+. The molecule has 1 atom stereocenters. The summed E-state index contributed by atoms with van der Waals surface area (Å²) in [6.07, 6.45) is 3.06. The Morgan fingerprint density at radius 1 is 1.38 bits per heavy atom. The van der Waals surface area contributed by atoms with Gasteiger partial charge < -0.3 is 0 Å². The minimum atomic E-state index is 0.538. The van der Waals surface area contributed by atoms with Gasteiger partial charge in [0.1, 0.15) is 0 Å². The summed E-state index contributed by atoms with van der Waals surface area (Å²) in [4.78, 5) is 0. The van der Waals surface area contributed by atoms with E-state index >= 15 is 0 Å². The van der Waals surface area contributed by atoms with Gasteiger partial charge in [0.2, 0.25) is 0 Å². The van der Waals surface area contributed by atoms with Crippen LogP contribution >= 0.6 is 0 Å². The molecule has 1 aromatic rings. The van der Waals surface area contributed by atoms with Crippen LogP contribution in [0.25, 0.3) is 0 Å². The molecule has 0 aliphatic heterocycles. The van der Waals surface area contributed by atoms with E-state index in [1.807, 2.05) is 36.5 Å². The highest BCUT2D eigenvalue weighted by Crippen LogP contribution is 2.04. The molecule has 0 saturated heterocycles. The Morgan fingerprint density at radius 2 is 2.08 bits per heavy atom. The van der Waals surface area contributed by atoms with Gasteiger partial charge in [-0.1, -0.05) is 32.0 Å². The fourth-order valence-corrected chi connectivity index (χ4v) is 0.857. The Kier molecular flexibility index (Phi) is 4.03. The third kappa shape index (κ3) is 3.74. The van der Waals surface area contributed by atoms with E-state index in [0.29, 0.717) is 5.92 Å². The monoisotopic (exact) mass is 176 g/mol. The van der Waals surface area contributed by atoms with Gasteiger partial charge in [-0.3, -0.25) is 5.43 Å². The van der Waals surface area contributed by atoms with Crippen LogP contribution in [0.3, 0.4) is 0 Å². The molecular weight excluding hydrogens is 160 g/mol. The Morgan fingerprint density at radius 3 is 2.69 bits per heavy atom. The Balaban J connectivity index is 2.39. The number of nitrogens with zero attached hydrogens (tertiary/aromatic N) is 1. The number of para-hydroxylation sites is 1.